The molecule has 2 amide bonds. The molecule has 36 heavy (non-hydrogen) atoms. The summed E-state index contributed by atoms with van der Waals surface area (Å²) in [5, 5.41) is 21.0. The van der Waals surface area contributed by atoms with Crippen LogP contribution in [-0.4, -0.2) is 47.9 Å². The number of anilines is 1. The molecule has 0 radical (unpaired) electrons. The third-order valence-corrected chi connectivity index (χ3v) is 7.46. The van der Waals surface area contributed by atoms with Gasteiger partial charge in [-0.25, -0.2) is 13.4 Å². The van der Waals surface area contributed by atoms with Crippen LogP contribution in [-0.2, 0) is 19.6 Å². The molecule has 0 saturated carbocycles. The lowest BCUT2D eigenvalue weighted by Gasteiger charge is -2.28. The number of carbonyl (C=O) groups excluding carboxylic acids is 2. The van der Waals surface area contributed by atoms with Crippen molar-refractivity contribution >= 4 is 44.4 Å². The highest BCUT2D eigenvalue weighted by Crippen LogP contribution is 2.30. The zero-order valence-electron chi connectivity index (χ0n) is 19.1. The van der Waals surface area contributed by atoms with Gasteiger partial charge in [-0.15, -0.1) is 11.3 Å². The first-order valence-electron chi connectivity index (χ1n) is 10.6. The van der Waals surface area contributed by atoms with Crippen molar-refractivity contribution in [3.8, 4) is 17.4 Å². The number of nitrogens with one attached hydrogen (secondary N) is 1. The third kappa shape index (κ3) is 4.99. The molecule has 2 aromatic heterocycles. The molecule has 1 aliphatic rings. The number of amides is 2. The molecule has 4 rings (SSSR count). The number of rotatable bonds is 7. The van der Waals surface area contributed by atoms with E-state index >= 15 is 0 Å². The number of β-amino-alcohol motifs (C(OH)–C–C–N with tert-alkyl or cyclic N) is 1. The molecule has 1 atom stereocenters. The summed E-state index contributed by atoms with van der Waals surface area (Å²) in [6.07, 6.45) is 1.96. The quantitative estimate of drug-likeness (QED) is 0.353. The number of furan rings is 1. The molecule has 3 aromatic rings. The minimum atomic E-state index is -3.80. The van der Waals surface area contributed by atoms with Gasteiger partial charge in [0.2, 0.25) is 0 Å². The van der Waals surface area contributed by atoms with Crippen LogP contribution in [0.25, 0.3) is 17.4 Å². The minimum absolute atomic E-state index is 0.0517. The Morgan fingerprint density at radius 1 is 1.22 bits per heavy atom. The molecule has 0 bridgehead atoms. The van der Waals surface area contributed by atoms with Crippen LogP contribution >= 0.6 is 11.3 Å². The number of nitrogens with zero attached hydrogens (tertiary/aromatic N) is 3. The normalized spacial score (nSPS) is 16.4. The van der Waals surface area contributed by atoms with Crippen molar-refractivity contribution in [2.24, 2.45) is 0 Å². The average Bonchev–Trinajstić information content (AvgIpc) is 3.52. The minimum Gasteiger partial charge on any atom is -0.457 e. The van der Waals surface area contributed by atoms with Crippen molar-refractivity contribution in [3.63, 3.8) is 0 Å². The lowest BCUT2D eigenvalue weighted by Crippen LogP contribution is -2.45. The number of hydrogen-bond acceptors (Lipinski definition) is 9. The van der Waals surface area contributed by atoms with E-state index < -0.39 is 27.9 Å². The molecule has 0 saturated heterocycles. The van der Waals surface area contributed by atoms with Crippen molar-refractivity contribution < 1.29 is 27.5 Å². The number of aromatic nitrogens is 1. The number of thiazole rings is 1. The van der Waals surface area contributed by atoms with Gasteiger partial charge in [0.05, 0.1) is 17.5 Å². The van der Waals surface area contributed by atoms with Crippen LogP contribution in [0.1, 0.15) is 19.6 Å². The van der Waals surface area contributed by atoms with Gasteiger partial charge in [-0.05, 0) is 61.9 Å². The topological polar surface area (TPSA) is 154 Å². The summed E-state index contributed by atoms with van der Waals surface area (Å²) < 4.78 is 33.3. The summed E-state index contributed by atoms with van der Waals surface area (Å²) in [6, 6.07) is 11.1. The van der Waals surface area contributed by atoms with E-state index in [-0.39, 0.29) is 33.3 Å². The standard InChI is InChI=1S/C24H20N4O6S2/c1-14(29)13-28-22(30)19(15(2)20(12-25)23(28)31)11-17-5-8-21(34-17)16-3-6-18(7-4-16)36(32,33)27-24-26-9-10-35-24/h3-11,14,29H,13H2,1-2H3,(H,26,27). The Morgan fingerprint density at radius 2 is 1.94 bits per heavy atom. The number of carbonyl (C=O) groups is 2. The van der Waals surface area contributed by atoms with Gasteiger partial charge in [-0.1, -0.05) is 0 Å². The number of aliphatic hydroxyl groups is 1. The highest BCUT2D eigenvalue weighted by atomic mass is 32.2. The molecule has 1 aliphatic heterocycles. The van der Waals surface area contributed by atoms with Gasteiger partial charge in [0.15, 0.2) is 5.13 Å². The molecule has 1 unspecified atom stereocenters. The fourth-order valence-corrected chi connectivity index (χ4v) is 5.32. The first kappa shape index (κ1) is 25.1. The van der Waals surface area contributed by atoms with Gasteiger partial charge in [0.1, 0.15) is 23.2 Å². The molecule has 0 fully saturated rings. The molecule has 184 valence electrons. The second-order valence-electron chi connectivity index (χ2n) is 7.91. The molecule has 10 nitrogen and oxygen atoms in total. The van der Waals surface area contributed by atoms with Crippen molar-refractivity contribution in [2.75, 3.05) is 11.3 Å². The molecule has 1 aromatic carbocycles. The van der Waals surface area contributed by atoms with E-state index in [1.165, 1.54) is 49.6 Å². The molecule has 0 spiro atoms. The lowest BCUT2D eigenvalue weighted by molar-refractivity contribution is -0.141. The Bertz CT molecular complexity index is 1530. The first-order valence-corrected chi connectivity index (χ1v) is 13.0. The van der Waals surface area contributed by atoms with Gasteiger partial charge in [0.25, 0.3) is 21.8 Å². The van der Waals surface area contributed by atoms with Gasteiger partial charge >= 0.3 is 0 Å². The fraction of sp³-hybridized carbons (Fsp3) is 0.167. The van der Waals surface area contributed by atoms with Crippen molar-refractivity contribution in [2.45, 2.75) is 24.8 Å². The summed E-state index contributed by atoms with van der Waals surface area (Å²) >= 11 is 1.17. The van der Waals surface area contributed by atoms with Gasteiger partial charge in [-0.2, -0.15) is 5.26 Å². The highest BCUT2D eigenvalue weighted by Gasteiger charge is 2.36. The molecule has 2 N–H and O–H groups in total. The second kappa shape index (κ2) is 9.90. The zero-order chi connectivity index (χ0) is 26.0. The maximum Gasteiger partial charge on any atom is 0.271 e. The summed E-state index contributed by atoms with van der Waals surface area (Å²) in [5.41, 5.74) is 0.729. The Balaban J connectivity index is 1.61. The molecule has 3 heterocycles. The summed E-state index contributed by atoms with van der Waals surface area (Å²) in [7, 11) is -3.80. The van der Waals surface area contributed by atoms with Gasteiger partial charge in [0, 0.05) is 22.7 Å². The van der Waals surface area contributed by atoms with Crippen molar-refractivity contribution in [1.82, 2.24) is 9.88 Å². The third-order valence-electron chi connectivity index (χ3n) is 5.29. The summed E-state index contributed by atoms with van der Waals surface area (Å²) in [4.78, 5) is 30.2. The Kier molecular flexibility index (Phi) is 6.89. The molecule has 12 heteroatoms. The zero-order valence-corrected chi connectivity index (χ0v) is 20.8. The predicted molar refractivity (Wildman–Crippen MR) is 132 cm³/mol. The van der Waals surface area contributed by atoms with E-state index in [0.717, 1.165) is 4.90 Å². The number of sulfonamides is 1. The Hall–Kier alpha value is -4.05. The second-order valence-corrected chi connectivity index (χ2v) is 10.5. The van der Waals surface area contributed by atoms with Crippen LogP contribution in [0.5, 0.6) is 0 Å². The Labute approximate surface area is 210 Å². The van der Waals surface area contributed by atoms with Gasteiger partial charge < -0.3 is 9.52 Å². The van der Waals surface area contributed by atoms with Crippen LogP contribution in [0.2, 0.25) is 0 Å². The highest BCUT2D eigenvalue weighted by molar-refractivity contribution is 7.93. The van der Waals surface area contributed by atoms with Gasteiger partial charge in [-0.3, -0.25) is 19.2 Å². The van der Waals surface area contributed by atoms with Crippen molar-refractivity contribution in [1.29, 1.82) is 5.26 Å². The number of benzene rings is 1. The van der Waals surface area contributed by atoms with E-state index in [9.17, 15) is 28.4 Å². The average molecular weight is 525 g/mol. The van der Waals surface area contributed by atoms with E-state index in [1.807, 2.05) is 6.07 Å². The van der Waals surface area contributed by atoms with Crippen LogP contribution in [0, 0.1) is 11.3 Å². The maximum absolute atomic E-state index is 12.9. The summed E-state index contributed by atoms with van der Waals surface area (Å²) in [5.74, 6) is -0.685. The largest absolute Gasteiger partial charge is 0.457 e. The smallest absolute Gasteiger partial charge is 0.271 e. The molecular formula is C24H20N4O6S2. The van der Waals surface area contributed by atoms with Crippen molar-refractivity contribution in [3.05, 3.63) is 70.5 Å². The van der Waals surface area contributed by atoms with E-state index in [2.05, 4.69) is 9.71 Å². The van der Waals surface area contributed by atoms with Crippen LogP contribution in [0.15, 0.2) is 74.0 Å². The summed E-state index contributed by atoms with van der Waals surface area (Å²) in [6.45, 7) is 2.69. The number of hydrogen-bond donors (Lipinski definition) is 2. The number of imide groups is 1. The van der Waals surface area contributed by atoms with E-state index in [0.29, 0.717) is 17.1 Å². The predicted octanol–water partition coefficient (Wildman–Crippen LogP) is 3.18. The number of aliphatic hydroxyl groups excluding tert-OH is 1. The monoisotopic (exact) mass is 524 g/mol. The van der Waals surface area contributed by atoms with E-state index in [4.69, 9.17) is 4.42 Å². The first-order chi connectivity index (χ1) is 17.1. The Morgan fingerprint density at radius 3 is 2.56 bits per heavy atom. The SMILES string of the molecule is CC1=C(C#N)C(=O)N(CC(C)O)C(=O)C1=Cc1ccc(-c2ccc(S(=O)(=O)Nc3nccs3)cc2)o1. The van der Waals surface area contributed by atoms with E-state index in [1.54, 1.807) is 29.6 Å². The van der Waals surface area contributed by atoms with Crippen LogP contribution in [0.3, 0.4) is 0 Å². The maximum atomic E-state index is 12.9. The van der Waals surface area contributed by atoms with Crippen LogP contribution < -0.4 is 4.72 Å². The number of nitriles is 1. The molecular weight excluding hydrogens is 504 g/mol. The molecule has 0 aliphatic carbocycles. The fourth-order valence-electron chi connectivity index (χ4n) is 3.53. The lowest BCUT2D eigenvalue weighted by atomic mass is 9.94. The van der Waals surface area contributed by atoms with Crippen LogP contribution in [0.4, 0.5) is 5.13 Å².